The number of aromatic nitrogens is 3. The summed E-state index contributed by atoms with van der Waals surface area (Å²) in [4.78, 5) is 11.7. The lowest BCUT2D eigenvalue weighted by Gasteiger charge is -2.08. The summed E-state index contributed by atoms with van der Waals surface area (Å²) >= 11 is 0. The average molecular weight is 284 g/mol. The Morgan fingerprint density at radius 1 is 1.50 bits per heavy atom. The summed E-state index contributed by atoms with van der Waals surface area (Å²) in [6, 6.07) is 0. The molecule has 1 aromatic heterocycles. The number of aliphatic hydroxyl groups excluding tert-OH is 1. The van der Waals surface area contributed by atoms with Gasteiger partial charge in [-0.25, -0.2) is 4.68 Å². The van der Waals surface area contributed by atoms with Crippen molar-refractivity contribution in [1.82, 2.24) is 20.3 Å². The van der Waals surface area contributed by atoms with E-state index in [1.54, 1.807) is 6.20 Å². The quantitative estimate of drug-likeness (QED) is 0.596. The molecule has 0 spiro atoms. The lowest BCUT2D eigenvalue weighted by molar-refractivity contribution is -0.121. The highest BCUT2D eigenvalue weighted by Crippen LogP contribution is 1.97. The third-order valence-electron chi connectivity index (χ3n) is 2.58. The molecule has 0 radical (unpaired) electrons. The third kappa shape index (κ3) is 7.20. The number of aliphatic hydroxyl groups is 1. The minimum Gasteiger partial charge on any atom is -0.396 e. The Labute approximate surface area is 119 Å². The van der Waals surface area contributed by atoms with Gasteiger partial charge in [-0.05, 0) is 33.1 Å². The molecule has 0 aliphatic rings. The van der Waals surface area contributed by atoms with Gasteiger partial charge in [-0.2, -0.15) is 0 Å². The van der Waals surface area contributed by atoms with Crippen LogP contribution in [0.1, 0.15) is 32.4 Å². The van der Waals surface area contributed by atoms with E-state index in [2.05, 4.69) is 15.6 Å². The fourth-order valence-electron chi connectivity index (χ4n) is 1.61. The number of rotatable bonds is 10. The number of ether oxygens (including phenoxy) is 1. The summed E-state index contributed by atoms with van der Waals surface area (Å²) in [5, 5.41) is 19.3. The fourth-order valence-corrected chi connectivity index (χ4v) is 1.61. The van der Waals surface area contributed by atoms with Gasteiger partial charge in [0.05, 0.1) is 11.8 Å². The summed E-state index contributed by atoms with van der Waals surface area (Å²) < 4.78 is 6.89. The highest BCUT2D eigenvalue weighted by molar-refractivity contribution is 5.75. The van der Waals surface area contributed by atoms with Crippen molar-refractivity contribution in [2.75, 3.05) is 19.8 Å². The topological polar surface area (TPSA) is 89.3 Å². The molecule has 7 nitrogen and oxygen atoms in total. The first-order chi connectivity index (χ1) is 9.61. The van der Waals surface area contributed by atoms with E-state index in [4.69, 9.17) is 9.84 Å². The number of nitrogens with zero attached hydrogens (tertiary/aromatic N) is 3. The number of hydrogen-bond donors (Lipinski definition) is 2. The molecule has 0 aliphatic carbocycles. The van der Waals surface area contributed by atoms with Crippen molar-refractivity contribution in [3.8, 4) is 0 Å². The maximum Gasteiger partial charge on any atom is 0.241 e. The molecule has 1 amide bonds. The number of amides is 1. The predicted molar refractivity (Wildman–Crippen MR) is 74.1 cm³/mol. The zero-order valence-electron chi connectivity index (χ0n) is 12.2. The predicted octanol–water partition coefficient (Wildman–Crippen LogP) is 0.134. The van der Waals surface area contributed by atoms with Crippen LogP contribution in [0.3, 0.4) is 0 Å². The molecule has 0 fully saturated rings. The molecule has 1 rings (SSSR count). The van der Waals surface area contributed by atoms with Gasteiger partial charge in [0.15, 0.2) is 0 Å². The van der Waals surface area contributed by atoms with Gasteiger partial charge in [0.25, 0.3) is 0 Å². The lowest BCUT2D eigenvalue weighted by atomic mass is 10.3. The SMILES string of the molecule is CC(C)OCCCNC(=O)Cn1cc(CCCO)nn1. The van der Waals surface area contributed by atoms with Crippen molar-refractivity contribution in [3.63, 3.8) is 0 Å². The van der Waals surface area contributed by atoms with Crippen LogP contribution in [0, 0.1) is 0 Å². The molecule has 0 saturated heterocycles. The molecule has 0 atom stereocenters. The van der Waals surface area contributed by atoms with Crippen LogP contribution in [0.5, 0.6) is 0 Å². The Morgan fingerprint density at radius 2 is 2.30 bits per heavy atom. The molecule has 7 heteroatoms. The van der Waals surface area contributed by atoms with Gasteiger partial charge >= 0.3 is 0 Å². The summed E-state index contributed by atoms with van der Waals surface area (Å²) in [6.45, 7) is 5.50. The molecule has 1 heterocycles. The van der Waals surface area contributed by atoms with Gasteiger partial charge in [0, 0.05) is 26.0 Å². The lowest BCUT2D eigenvalue weighted by Crippen LogP contribution is -2.29. The minimum absolute atomic E-state index is 0.0897. The van der Waals surface area contributed by atoms with E-state index in [1.165, 1.54) is 4.68 Å². The fraction of sp³-hybridized carbons (Fsp3) is 0.769. The number of aryl methyl sites for hydroxylation is 1. The molecule has 0 bridgehead atoms. The maximum atomic E-state index is 11.7. The second kappa shape index (κ2) is 9.44. The molecule has 0 aromatic carbocycles. The van der Waals surface area contributed by atoms with Crippen LogP contribution >= 0.6 is 0 Å². The molecule has 2 N–H and O–H groups in total. The standard InChI is InChI=1S/C13H24N4O3/c1-11(2)20-8-4-6-14-13(19)10-17-9-12(15-16-17)5-3-7-18/h9,11,18H,3-8,10H2,1-2H3,(H,14,19). The van der Waals surface area contributed by atoms with Crippen LogP contribution < -0.4 is 5.32 Å². The van der Waals surface area contributed by atoms with Gasteiger partial charge < -0.3 is 15.2 Å². The van der Waals surface area contributed by atoms with Crippen LogP contribution in [0.25, 0.3) is 0 Å². The van der Waals surface area contributed by atoms with Crippen molar-refractivity contribution in [3.05, 3.63) is 11.9 Å². The summed E-state index contributed by atoms with van der Waals surface area (Å²) in [5.41, 5.74) is 0.789. The zero-order chi connectivity index (χ0) is 14.8. The molecule has 0 saturated carbocycles. The van der Waals surface area contributed by atoms with Crippen molar-refractivity contribution in [2.24, 2.45) is 0 Å². The van der Waals surface area contributed by atoms with E-state index >= 15 is 0 Å². The zero-order valence-corrected chi connectivity index (χ0v) is 12.2. The molecule has 0 aliphatic heterocycles. The number of carbonyl (C=O) groups excluding carboxylic acids is 1. The largest absolute Gasteiger partial charge is 0.396 e. The number of carbonyl (C=O) groups is 1. The Bertz CT molecular complexity index is 393. The van der Waals surface area contributed by atoms with E-state index in [0.717, 1.165) is 12.1 Å². The molecular formula is C13H24N4O3. The van der Waals surface area contributed by atoms with Crippen LogP contribution in [0.4, 0.5) is 0 Å². The highest BCUT2D eigenvalue weighted by atomic mass is 16.5. The average Bonchev–Trinajstić information content (AvgIpc) is 2.83. The maximum absolute atomic E-state index is 11.7. The Kier molecular flexibility index (Phi) is 7.82. The third-order valence-corrected chi connectivity index (χ3v) is 2.58. The Balaban J connectivity index is 2.16. The number of hydrogen-bond acceptors (Lipinski definition) is 5. The first-order valence-corrected chi connectivity index (χ1v) is 7.00. The number of nitrogens with one attached hydrogen (secondary N) is 1. The second-order valence-electron chi connectivity index (χ2n) is 4.86. The van der Waals surface area contributed by atoms with E-state index in [9.17, 15) is 4.79 Å². The van der Waals surface area contributed by atoms with Crippen LogP contribution in [0.2, 0.25) is 0 Å². The molecular weight excluding hydrogens is 260 g/mol. The Morgan fingerprint density at radius 3 is 3.00 bits per heavy atom. The van der Waals surface area contributed by atoms with Crippen LogP contribution in [-0.2, 0) is 22.5 Å². The van der Waals surface area contributed by atoms with Crippen LogP contribution in [0.15, 0.2) is 6.20 Å². The van der Waals surface area contributed by atoms with Crippen LogP contribution in [-0.4, -0.2) is 51.9 Å². The van der Waals surface area contributed by atoms with Gasteiger partial charge in [0.2, 0.25) is 5.91 Å². The second-order valence-corrected chi connectivity index (χ2v) is 4.86. The van der Waals surface area contributed by atoms with Crippen molar-refractivity contribution in [2.45, 2.75) is 45.8 Å². The summed E-state index contributed by atoms with van der Waals surface area (Å²) in [5.74, 6) is -0.0897. The van der Waals surface area contributed by atoms with Crippen molar-refractivity contribution >= 4 is 5.91 Å². The van der Waals surface area contributed by atoms with Crippen molar-refractivity contribution < 1.29 is 14.6 Å². The summed E-state index contributed by atoms with van der Waals surface area (Å²) in [6.07, 6.45) is 4.07. The van der Waals surface area contributed by atoms with Gasteiger partial charge in [-0.1, -0.05) is 5.21 Å². The first-order valence-electron chi connectivity index (χ1n) is 7.00. The smallest absolute Gasteiger partial charge is 0.241 e. The normalized spacial score (nSPS) is 11.0. The van der Waals surface area contributed by atoms with E-state index in [-0.39, 0.29) is 25.2 Å². The van der Waals surface area contributed by atoms with Crippen molar-refractivity contribution in [1.29, 1.82) is 0 Å². The molecule has 1 aromatic rings. The van der Waals surface area contributed by atoms with E-state index in [1.807, 2.05) is 13.8 Å². The molecule has 20 heavy (non-hydrogen) atoms. The molecule has 0 unspecified atom stereocenters. The van der Waals surface area contributed by atoms with Gasteiger partial charge in [0.1, 0.15) is 6.54 Å². The first kappa shape index (κ1) is 16.6. The highest BCUT2D eigenvalue weighted by Gasteiger charge is 2.05. The molecule has 114 valence electrons. The minimum atomic E-state index is -0.0897. The van der Waals surface area contributed by atoms with E-state index < -0.39 is 0 Å². The van der Waals surface area contributed by atoms with Gasteiger partial charge in [-0.3, -0.25) is 4.79 Å². The summed E-state index contributed by atoms with van der Waals surface area (Å²) in [7, 11) is 0. The Hall–Kier alpha value is -1.47. The van der Waals surface area contributed by atoms with E-state index in [0.29, 0.717) is 26.0 Å². The van der Waals surface area contributed by atoms with Gasteiger partial charge in [-0.15, -0.1) is 5.10 Å². The monoisotopic (exact) mass is 284 g/mol.